The predicted octanol–water partition coefficient (Wildman–Crippen LogP) is 5.14. The molecule has 1 aromatic heterocycles. The number of carbonyl (C=O) groups is 2. The number of Topliss-reactive ketones (excluding diaryl/α,β-unsaturated/α-hetero) is 1. The average Bonchev–Trinajstić information content (AvgIpc) is 2.67. The van der Waals surface area contributed by atoms with Crippen LogP contribution >= 0.6 is 11.6 Å². The van der Waals surface area contributed by atoms with Gasteiger partial charge in [-0.15, -0.1) is 0 Å². The number of hydrogen-bond donors (Lipinski definition) is 1. The molecule has 0 bridgehead atoms. The number of benzene rings is 2. The van der Waals surface area contributed by atoms with Crippen LogP contribution in [0.3, 0.4) is 0 Å². The molecule has 0 unspecified atom stereocenters. The van der Waals surface area contributed by atoms with Crippen molar-refractivity contribution in [2.45, 2.75) is 26.7 Å². The van der Waals surface area contributed by atoms with E-state index in [1.807, 2.05) is 19.9 Å². The summed E-state index contributed by atoms with van der Waals surface area (Å²) in [5.41, 5.74) is 2.80. The molecule has 0 atom stereocenters. The van der Waals surface area contributed by atoms with Gasteiger partial charge in [-0.25, -0.2) is 9.97 Å². The molecular formula is C22H20ClN3O3. The van der Waals surface area contributed by atoms with E-state index in [1.165, 1.54) is 0 Å². The molecule has 6 nitrogen and oxygen atoms in total. The zero-order chi connectivity index (χ0) is 20.8. The van der Waals surface area contributed by atoms with Crippen molar-refractivity contribution in [1.82, 2.24) is 9.97 Å². The van der Waals surface area contributed by atoms with Gasteiger partial charge in [-0.2, -0.15) is 0 Å². The minimum absolute atomic E-state index is 0.0934. The van der Waals surface area contributed by atoms with E-state index in [-0.39, 0.29) is 30.5 Å². The SMILES string of the molecule is Cc1cc(C)nc(Oc2ccc(NC(=O)CCC(=O)c3ccc(Cl)cc3)cc2)n1. The molecule has 0 saturated heterocycles. The van der Waals surface area contributed by atoms with Crippen LogP contribution in [0, 0.1) is 13.8 Å². The highest BCUT2D eigenvalue weighted by Gasteiger charge is 2.10. The summed E-state index contributed by atoms with van der Waals surface area (Å²) in [5.74, 6) is 0.221. The molecule has 0 saturated carbocycles. The second-order valence-electron chi connectivity index (χ2n) is 6.54. The smallest absolute Gasteiger partial charge is 0.322 e. The third-order valence-corrected chi connectivity index (χ3v) is 4.31. The standard InChI is InChI=1S/C22H20ClN3O3/c1-14-13-15(2)25-22(24-14)29-19-9-7-18(8-10-19)26-21(28)12-11-20(27)16-3-5-17(23)6-4-16/h3-10,13H,11-12H2,1-2H3,(H,26,28). The van der Waals surface area contributed by atoms with Gasteiger partial charge >= 0.3 is 6.01 Å². The summed E-state index contributed by atoms with van der Waals surface area (Å²) < 4.78 is 5.65. The molecule has 1 amide bonds. The van der Waals surface area contributed by atoms with Crippen molar-refractivity contribution in [3.05, 3.63) is 76.6 Å². The number of ketones is 1. The minimum Gasteiger partial charge on any atom is -0.424 e. The van der Waals surface area contributed by atoms with Crippen LogP contribution in [0.1, 0.15) is 34.6 Å². The Hall–Kier alpha value is -3.25. The molecule has 1 N–H and O–H groups in total. The Labute approximate surface area is 173 Å². The van der Waals surface area contributed by atoms with Crippen LogP contribution in [0.5, 0.6) is 11.8 Å². The molecule has 0 spiro atoms. The fourth-order valence-electron chi connectivity index (χ4n) is 2.68. The molecule has 2 aromatic carbocycles. The summed E-state index contributed by atoms with van der Waals surface area (Å²) in [6.07, 6.45) is 0.217. The lowest BCUT2D eigenvalue weighted by atomic mass is 10.1. The number of carbonyl (C=O) groups excluding carboxylic acids is 2. The largest absolute Gasteiger partial charge is 0.424 e. The molecule has 1 heterocycles. The number of nitrogens with one attached hydrogen (secondary N) is 1. The molecule has 0 fully saturated rings. The Kier molecular flexibility index (Phi) is 6.57. The molecule has 3 rings (SSSR count). The molecule has 0 aliphatic heterocycles. The van der Waals surface area contributed by atoms with Gasteiger partial charge in [-0.1, -0.05) is 11.6 Å². The quantitative estimate of drug-likeness (QED) is 0.546. The summed E-state index contributed by atoms with van der Waals surface area (Å²) in [4.78, 5) is 32.7. The van der Waals surface area contributed by atoms with E-state index < -0.39 is 0 Å². The zero-order valence-electron chi connectivity index (χ0n) is 16.1. The highest BCUT2D eigenvalue weighted by Crippen LogP contribution is 2.21. The van der Waals surface area contributed by atoms with E-state index in [2.05, 4.69) is 15.3 Å². The number of aryl methyl sites for hydroxylation is 2. The summed E-state index contributed by atoms with van der Waals surface area (Å²) in [6.45, 7) is 3.75. The van der Waals surface area contributed by atoms with Crippen LogP contribution in [0.15, 0.2) is 54.6 Å². The van der Waals surface area contributed by atoms with E-state index in [0.29, 0.717) is 22.0 Å². The molecule has 3 aromatic rings. The monoisotopic (exact) mass is 409 g/mol. The van der Waals surface area contributed by atoms with Gasteiger partial charge in [-0.05, 0) is 68.4 Å². The van der Waals surface area contributed by atoms with E-state index >= 15 is 0 Å². The third kappa shape index (κ3) is 6.12. The lowest BCUT2D eigenvalue weighted by Crippen LogP contribution is -2.13. The molecule has 0 aliphatic rings. The first-order valence-corrected chi connectivity index (χ1v) is 9.46. The Morgan fingerprint density at radius 2 is 1.55 bits per heavy atom. The van der Waals surface area contributed by atoms with E-state index in [0.717, 1.165) is 11.4 Å². The summed E-state index contributed by atoms with van der Waals surface area (Å²) in [5, 5.41) is 3.33. The fourth-order valence-corrected chi connectivity index (χ4v) is 2.81. The molecule has 148 valence electrons. The lowest BCUT2D eigenvalue weighted by molar-refractivity contribution is -0.116. The molecule has 0 aliphatic carbocycles. The number of nitrogens with zero attached hydrogens (tertiary/aromatic N) is 2. The van der Waals surface area contributed by atoms with Gasteiger partial charge in [0.1, 0.15) is 5.75 Å². The van der Waals surface area contributed by atoms with Crippen LogP contribution in [-0.2, 0) is 4.79 Å². The Morgan fingerprint density at radius 3 is 2.17 bits per heavy atom. The van der Waals surface area contributed by atoms with Crippen LogP contribution in [0.25, 0.3) is 0 Å². The second kappa shape index (κ2) is 9.30. The number of hydrogen-bond acceptors (Lipinski definition) is 5. The van der Waals surface area contributed by atoms with Crippen LogP contribution < -0.4 is 10.1 Å². The van der Waals surface area contributed by atoms with Gasteiger partial charge in [-0.3, -0.25) is 9.59 Å². The Morgan fingerprint density at radius 1 is 0.931 bits per heavy atom. The van der Waals surface area contributed by atoms with Gasteiger partial charge < -0.3 is 10.1 Å². The van der Waals surface area contributed by atoms with E-state index in [4.69, 9.17) is 16.3 Å². The number of rotatable bonds is 7. The van der Waals surface area contributed by atoms with Gasteiger partial charge in [0.2, 0.25) is 5.91 Å². The van der Waals surface area contributed by atoms with Gasteiger partial charge in [0.15, 0.2) is 5.78 Å². The third-order valence-electron chi connectivity index (χ3n) is 4.05. The van der Waals surface area contributed by atoms with Crippen molar-refractivity contribution < 1.29 is 14.3 Å². The first-order chi connectivity index (χ1) is 13.9. The lowest BCUT2D eigenvalue weighted by Gasteiger charge is -2.08. The van der Waals surface area contributed by atoms with Crippen molar-refractivity contribution in [2.75, 3.05) is 5.32 Å². The maximum absolute atomic E-state index is 12.1. The van der Waals surface area contributed by atoms with Crippen molar-refractivity contribution in [2.24, 2.45) is 0 Å². The average molecular weight is 410 g/mol. The molecule has 7 heteroatoms. The summed E-state index contributed by atoms with van der Waals surface area (Å²) in [7, 11) is 0. The number of ether oxygens (including phenoxy) is 1. The topological polar surface area (TPSA) is 81.2 Å². The molecule has 29 heavy (non-hydrogen) atoms. The number of halogens is 1. The zero-order valence-corrected chi connectivity index (χ0v) is 16.9. The predicted molar refractivity (Wildman–Crippen MR) is 112 cm³/mol. The minimum atomic E-state index is -0.237. The van der Waals surface area contributed by atoms with E-state index in [1.54, 1.807) is 48.5 Å². The van der Waals surface area contributed by atoms with Crippen molar-refractivity contribution in [3.63, 3.8) is 0 Å². The number of amides is 1. The first kappa shape index (κ1) is 20.5. The van der Waals surface area contributed by atoms with Crippen molar-refractivity contribution in [3.8, 4) is 11.8 Å². The van der Waals surface area contributed by atoms with Gasteiger partial charge in [0, 0.05) is 40.5 Å². The Balaban J connectivity index is 1.51. The maximum Gasteiger partial charge on any atom is 0.322 e. The number of aromatic nitrogens is 2. The van der Waals surface area contributed by atoms with Gasteiger partial charge in [0.05, 0.1) is 0 Å². The number of anilines is 1. The van der Waals surface area contributed by atoms with Crippen LogP contribution in [-0.4, -0.2) is 21.7 Å². The van der Waals surface area contributed by atoms with Crippen molar-refractivity contribution >= 4 is 29.0 Å². The first-order valence-electron chi connectivity index (χ1n) is 9.08. The van der Waals surface area contributed by atoms with E-state index in [9.17, 15) is 9.59 Å². The van der Waals surface area contributed by atoms with Gasteiger partial charge in [0.25, 0.3) is 0 Å². The highest BCUT2D eigenvalue weighted by molar-refractivity contribution is 6.30. The van der Waals surface area contributed by atoms with Crippen LogP contribution in [0.2, 0.25) is 5.02 Å². The fraction of sp³-hybridized carbons (Fsp3) is 0.182. The second-order valence-corrected chi connectivity index (χ2v) is 6.97. The molecule has 0 radical (unpaired) electrons. The van der Waals surface area contributed by atoms with Crippen LogP contribution in [0.4, 0.5) is 5.69 Å². The van der Waals surface area contributed by atoms with Crippen molar-refractivity contribution in [1.29, 1.82) is 0 Å². The summed E-state index contributed by atoms with van der Waals surface area (Å²) in [6, 6.07) is 15.6. The molecular weight excluding hydrogens is 390 g/mol. The normalized spacial score (nSPS) is 10.4. The maximum atomic E-state index is 12.1. The highest BCUT2D eigenvalue weighted by atomic mass is 35.5. The Bertz CT molecular complexity index is 998. The summed E-state index contributed by atoms with van der Waals surface area (Å²) >= 11 is 5.81.